The fraction of sp³-hybridized carbons (Fsp3) is 0.480. The van der Waals surface area contributed by atoms with Crippen LogP contribution in [0.25, 0.3) is 0 Å². The third-order valence-corrected chi connectivity index (χ3v) is 8.25. The molecule has 0 radical (unpaired) electrons. The molecular weight excluding hydrogens is 408 g/mol. The molecule has 0 aromatic heterocycles. The van der Waals surface area contributed by atoms with E-state index in [0.29, 0.717) is 18.7 Å². The van der Waals surface area contributed by atoms with Crippen LogP contribution in [0.15, 0.2) is 35.2 Å². The van der Waals surface area contributed by atoms with E-state index in [2.05, 4.69) is 31.3 Å². The Bertz CT molecular complexity index is 1070. The molecule has 1 unspecified atom stereocenters. The van der Waals surface area contributed by atoms with Crippen LogP contribution in [0.3, 0.4) is 0 Å². The lowest BCUT2D eigenvalue weighted by atomic mass is 9.96. The van der Waals surface area contributed by atoms with Crippen molar-refractivity contribution in [2.24, 2.45) is 0 Å². The van der Waals surface area contributed by atoms with Gasteiger partial charge in [-0.25, -0.2) is 8.42 Å². The monoisotopic (exact) mass is 442 g/mol. The SMILES string of the molecule is Cc1cc(C)c(C(C)NC(=O)c2cc(S(=O)(=O)N3CCCCCC3)ccc2C)cc1C. The van der Waals surface area contributed by atoms with E-state index in [1.807, 2.05) is 20.8 Å². The van der Waals surface area contributed by atoms with Crippen LogP contribution in [0.1, 0.15) is 76.8 Å². The van der Waals surface area contributed by atoms with Crippen molar-refractivity contribution in [3.63, 3.8) is 0 Å². The van der Waals surface area contributed by atoms with Crippen LogP contribution in [-0.4, -0.2) is 31.7 Å². The summed E-state index contributed by atoms with van der Waals surface area (Å²) < 4.78 is 27.9. The molecule has 5 nitrogen and oxygen atoms in total. The Balaban J connectivity index is 1.86. The maximum atomic E-state index is 13.2. The summed E-state index contributed by atoms with van der Waals surface area (Å²) in [6.07, 6.45) is 3.88. The smallest absolute Gasteiger partial charge is 0.252 e. The Morgan fingerprint density at radius 2 is 1.48 bits per heavy atom. The molecule has 0 aliphatic carbocycles. The van der Waals surface area contributed by atoms with E-state index in [1.54, 1.807) is 16.4 Å². The van der Waals surface area contributed by atoms with E-state index in [0.717, 1.165) is 42.4 Å². The second kappa shape index (κ2) is 9.53. The topological polar surface area (TPSA) is 66.5 Å². The summed E-state index contributed by atoms with van der Waals surface area (Å²) in [5.74, 6) is -0.254. The Morgan fingerprint density at radius 3 is 2.13 bits per heavy atom. The summed E-state index contributed by atoms with van der Waals surface area (Å²) in [4.78, 5) is 13.3. The number of carbonyl (C=O) groups is 1. The third kappa shape index (κ3) is 5.18. The number of amides is 1. The first kappa shape index (κ1) is 23.5. The number of benzene rings is 2. The summed E-state index contributed by atoms with van der Waals surface area (Å²) in [6, 6.07) is 8.94. The van der Waals surface area contributed by atoms with Crippen LogP contribution < -0.4 is 5.32 Å². The van der Waals surface area contributed by atoms with Gasteiger partial charge in [0.05, 0.1) is 10.9 Å². The minimum absolute atomic E-state index is 0.183. The molecule has 2 aromatic rings. The van der Waals surface area contributed by atoms with Crippen molar-refractivity contribution in [1.29, 1.82) is 0 Å². The van der Waals surface area contributed by atoms with Gasteiger partial charge in [-0.15, -0.1) is 0 Å². The quantitative estimate of drug-likeness (QED) is 0.710. The number of hydrogen-bond donors (Lipinski definition) is 1. The molecule has 1 amide bonds. The lowest BCUT2D eigenvalue weighted by molar-refractivity contribution is 0.0939. The average Bonchev–Trinajstić information content (AvgIpc) is 3.01. The maximum Gasteiger partial charge on any atom is 0.252 e. The molecule has 1 atom stereocenters. The molecule has 1 heterocycles. The van der Waals surface area contributed by atoms with Crippen molar-refractivity contribution in [1.82, 2.24) is 9.62 Å². The minimum atomic E-state index is -3.60. The van der Waals surface area contributed by atoms with Gasteiger partial charge >= 0.3 is 0 Å². The normalized spacial score (nSPS) is 16.5. The van der Waals surface area contributed by atoms with E-state index in [9.17, 15) is 13.2 Å². The maximum absolute atomic E-state index is 13.2. The van der Waals surface area contributed by atoms with Gasteiger partial charge in [0.1, 0.15) is 0 Å². The second-order valence-corrected chi connectivity index (χ2v) is 10.7. The largest absolute Gasteiger partial charge is 0.345 e. The first-order chi connectivity index (χ1) is 14.6. The number of rotatable bonds is 5. The van der Waals surface area contributed by atoms with Crippen molar-refractivity contribution < 1.29 is 13.2 Å². The second-order valence-electron chi connectivity index (χ2n) is 8.78. The zero-order valence-corrected chi connectivity index (χ0v) is 20.1. The molecule has 1 aliphatic heterocycles. The number of nitrogens with zero attached hydrogens (tertiary/aromatic N) is 1. The van der Waals surface area contributed by atoms with E-state index >= 15 is 0 Å². The number of hydrogen-bond acceptors (Lipinski definition) is 3. The van der Waals surface area contributed by atoms with Gasteiger partial charge in [0.25, 0.3) is 5.91 Å². The first-order valence-electron chi connectivity index (χ1n) is 11.1. The summed E-state index contributed by atoms with van der Waals surface area (Å²) >= 11 is 0. The number of carbonyl (C=O) groups excluding carboxylic acids is 1. The zero-order valence-electron chi connectivity index (χ0n) is 19.3. The van der Waals surface area contributed by atoms with Gasteiger partial charge in [-0.05, 0) is 87.4 Å². The third-order valence-electron chi connectivity index (χ3n) is 6.35. The lowest BCUT2D eigenvalue weighted by Gasteiger charge is -2.21. The molecule has 0 bridgehead atoms. The van der Waals surface area contributed by atoms with Crippen LogP contribution in [-0.2, 0) is 10.0 Å². The summed E-state index contributed by atoms with van der Waals surface area (Å²) in [6.45, 7) is 11.1. The predicted molar refractivity (Wildman–Crippen MR) is 125 cm³/mol. The van der Waals surface area contributed by atoms with Gasteiger partial charge in [0, 0.05) is 18.7 Å². The molecule has 1 aliphatic rings. The van der Waals surface area contributed by atoms with Crippen molar-refractivity contribution in [2.75, 3.05) is 13.1 Å². The molecule has 31 heavy (non-hydrogen) atoms. The molecule has 6 heteroatoms. The molecule has 168 valence electrons. The molecule has 3 rings (SSSR count). The van der Waals surface area contributed by atoms with Gasteiger partial charge in [-0.1, -0.05) is 31.0 Å². The minimum Gasteiger partial charge on any atom is -0.345 e. The lowest BCUT2D eigenvalue weighted by Crippen LogP contribution is -2.32. The molecule has 1 N–H and O–H groups in total. The van der Waals surface area contributed by atoms with E-state index in [4.69, 9.17) is 0 Å². The van der Waals surface area contributed by atoms with Crippen molar-refractivity contribution in [3.8, 4) is 0 Å². The van der Waals surface area contributed by atoms with Gasteiger partial charge in [-0.2, -0.15) is 4.31 Å². The Kier molecular flexibility index (Phi) is 7.22. The van der Waals surface area contributed by atoms with Crippen LogP contribution in [0, 0.1) is 27.7 Å². The standard InChI is InChI=1S/C25H34N2O3S/c1-17-10-11-22(31(29,30)27-12-8-6-7-9-13-27)16-24(17)25(28)26-21(5)23-15-19(3)18(2)14-20(23)4/h10-11,14-16,21H,6-9,12-13H2,1-5H3,(H,26,28). The highest BCUT2D eigenvalue weighted by Crippen LogP contribution is 2.25. The van der Waals surface area contributed by atoms with Crippen LogP contribution in [0.4, 0.5) is 0 Å². The highest BCUT2D eigenvalue weighted by molar-refractivity contribution is 7.89. The fourth-order valence-electron chi connectivity index (χ4n) is 4.24. The highest BCUT2D eigenvalue weighted by Gasteiger charge is 2.26. The summed E-state index contributed by atoms with van der Waals surface area (Å²) in [5.41, 5.74) is 5.78. The molecule has 0 spiro atoms. The Morgan fingerprint density at radius 1 is 0.871 bits per heavy atom. The Labute approximate surface area is 186 Å². The van der Waals surface area contributed by atoms with Crippen molar-refractivity contribution >= 4 is 15.9 Å². The highest BCUT2D eigenvalue weighted by atomic mass is 32.2. The molecular formula is C25H34N2O3S. The van der Waals surface area contributed by atoms with Crippen molar-refractivity contribution in [3.05, 3.63) is 63.7 Å². The molecule has 1 fully saturated rings. The number of sulfonamides is 1. The number of aryl methyl sites for hydroxylation is 4. The average molecular weight is 443 g/mol. The van der Waals surface area contributed by atoms with Crippen LogP contribution in [0.5, 0.6) is 0 Å². The fourth-order valence-corrected chi connectivity index (χ4v) is 5.78. The first-order valence-corrected chi connectivity index (χ1v) is 12.5. The van der Waals surface area contributed by atoms with Gasteiger partial charge in [-0.3, -0.25) is 4.79 Å². The summed E-state index contributed by atoms with van der Waals surface area (Å²) in [5, 5.41) is 3.06. The van der Waals surface area contributed by atoms with Crippen LogP contribution in [0.2, 0.25) is 0 Å². The van der Waals surface area contributed by atoms with Gasteiger partial charge in [0.15, 0.2) is 0 Å². The summed E-state index contributed by atoms with van der Waals surface area (Å²) in [7, 11) is -3.60. The van der Waals surface area contributed by atoms with E-state index < -0.39 is 10.0 Å². The molecule has 1 saturated heterocycles. The number of nitrogens with one attached hydrogen (secondary N) is 1. The van der Waals surface area contributed by atoms with E-state index in [-0.39, 0.29) is 16.8 Å². The van der Waals surface area contributed by atoms with Gasteiger partial charge < -0.3 is 5.32 Å². The van der Waals surface area contributed by atoms with Crippen molar-refractivity contribution in [2.45, 2.75) is 71.2 Å². The molecule has 2 aromatic carbocycles. The predicted octanol–water partition coefficient (Wildman–Crippen LogP) is 4.98. The van der Waals surface area contributed by atoms with Crippen LogP contribution >= 0.6 is 0 Å². The van der Waals surface area contributed by atoms with Gasteiger partial charge in [0.2, 0.25) is 10.0 Å². The Hall–Kier alpha value is -2.18. The van der Waals surface area contributed by atoms with E-state index in [1.165, 1.54) is 17.2 Å². The zero-order chi connectivity index (χ0) is 22.8. The molecule has 0 saturated carbocycles.